The maximum absolute atomic E-state index is 9.33. The van der Waals surface area contributed by atoms with E-state index < -0.39 is 0 Å². The first kappa shape index (κ1) is 16.3. The van der Waals surface area contributed by atoms with Crippen LogP contribution in [-0.4, -0.2) is 31.2 Å². The number of rotatable bonds is 4. The van der Waals surface area contributed by atoms with Gasteiger partial charge >= 0.3 is 0 Å². The molecule has 2 aromatic heterocycles. The zero-order valence-electron chi connectivity index (χ0n) is 15.4. The lowest BCUT2D eigenvalue weighted by Crippen LogP contribution is -2.36. The number of nitrogens with one attached hydrogen (secondary N) is 1. The lowest BCUT2D eigenvalue weighted by Gasteiger charge is -2.35. The first-order valence-electron chi connectivity index (χ1n) is 9.51. The van der Waals surface area contributed by atoms with Crippen LogP contribution in [0.3, 0.4) is 0 Å². The van der Waals surface area contributed by atoms with Gasteiger partial charge in [0.15, 0.2) is 0 Å². The smallest absolute Gasteiger partial charge is 0.0991 e. The topological polar surface area (TPSA) is 73.5 Å². The molecule has 1 unspecified atom stereocenters. The molecule has 1 atom stereocenters. The number of benzene rings is 1. The van der Waals surface area contributed by atoms with Crippen molar-refractivity contribution in [3.63, 3.8) is 0 Å². The van der Waals surface area contributed by atoms with Crippen molar-refractivity contribution in [2.75, 3.05) is 6.54 Å². The number of hydrogen-bond acceptors (Lipinski definition) is 4. The molecule has 0 spiro atoms. The quantitative estimate of drug-likeness (QED) is 0.778. The molecule has 3 heterocycles. The molecule has 2 aliphatic rings. The molecule has 6 nitrogen and oxygen atoms in total. The summed E-state index contributed by atoms with van der Waals surface area (Å²) in [5.41, 5.74) is 6.79. The molecule has 5 rings (SSSR count). The molecule has 1 aliphatic carbocycles. The molecule has 0 saturated heterocycles. The standard InChI is InChI=1S/C21H22N6/c1-26-20(15-5-6-15)17(11-25-26)12-27-8-7-18-19(24-13-23-18)21(27)16-4-2-3-14(9-16)10-22/h2-4,9,11,13,15,21H,5-8,12H2,1H3,(H,23,24). The van der Waals surface area contributed by atoms with Crippen LogP contribution < -0.4 is 0 Å². The molecule has 1 aliphatic heterocycles. The first-order chi connectivity index (χ1) is 13.2. The van der Waals surface area contributed by atoms with Gasteiger partial charge in [-0.1, -0.05) is 12.1 Å². The van der Waals surface area contributed by atoms with Gasteiger partial charge in [-0.25, -0.2) is 4.98 Å². The predicted octanol–water partition coefficient (Wildman–Crippen LogP) is 3.04. The van der Waals surface area contributed by atoms with Crippen LogP contribution in [0.25, 0.3) is 0 Å². The molecule has 27 heavy (non-hydrogen) atoms. The van der Waals surface area contributed by atoms with Gasteiger partial charge < -0.3 is 4.98 Å². The molecule has 136 valence electrons. The van der Waals surface area contributed by atoms with Crippen LogP contribution in [-0.2, 0) is 20.0 Å². The van der Waals surface area contributed by atoms with Crippen LogP contribution in [0.15, 0.2) is 36.8 Å². The molecule has 1 aromatic carbocycles. The molecule has 3 aromatic rings. The number of aromatic amines is 1. The molecule has 1 N–H and O–H groups in total. The summed E-state index contributed by atoms with van der Waals surface area (Å²) < 4.78 is 2.04. The molecule has 1 fully saturated rings. The third-order valence-corrected chi connectivity index (χ3v) is 5.76. The molecule has 6 heteroatoms. The van der Waals surface area contributed by atoms with Crippen LogP contribution in [0, 0.1) is 11.3 Å². The Hall–Kier alpha value is -2.91. The average molecular weight is 358 g/mol. The summed E-state index contributed by atoms with van der Waals surface area (Å²) in [6.07, 6.45) is 7.31. The van der Waals surface area contributed by atoms with Gasteiger partial charge in [0, 0.05) is 49.4 Å². The maximum atomic E-state index is 9.33. The van der Waals surface area contributed by atoms with Crippen molar-refractivity contribution >= 4 is 0 Å². The lowest BCUT2D eigenvalue weighted by atomic mass is 9.94. The molecular formula is C21H22N6. The maximum Gasteiger partial charge on any atom is 0.0991 e. The average Bonchev–Trinajstić information content (AvgIpc) is 3.29. The van der Waals surface area contributed by atoms with Crippen LogP contribution in [0.5, 0.6) is 0 Å². The molecule has 0 radical (unpaired) electrons. The van der Waals surface area contributed by atoms with Gasteiger partial charge in [-0.3, -0.25) is 9.58 Å². The summed E-state index contributed by atoms with van der Waals surface area (Å²) in [5, 5.41) is 13.9. The van der Waals surface area contributed by atoms with Crippen molar-refractivity contribution in [3.05, 3.63) is 70.6 Å². The molecule has 0 bridgehead atoms. The summed E-state index contributed by atoms with van der Waals surface area (Å²) in [5.74, 6) is 0.665. The zero-order valence-corrected chi connectivity index (χ0v) is 15.4. The summed E-state index contributed by atoms with van der Waals surface area (Å²) in [4.78, 5) is 10.4. The number of hydrogen-bond donors (Lipinski definition) is 1. The summed E-state index contributed by atoms with van der Waals surface area (Å²) in [7, 11) is 2.05. The number of imidazole rings is 1. The van der Waals surface area contributed by atoms with Gasteiger partial charge in [-0.15, -0.1) is 0 Å². The van der Waals surface area contributed by atoms with Gasteiger partial charge in [0.1, 0.15) is 0 Å². The third kappa shape index (κ3) is 2.84. The molecule has 0 amide bonds. The van der Waals surface area contributed by atoms with Gasteiger partial charge in [-0.05, 0) is 30.5 Å². The second kappa shape index (κ2) is 6.36. The number of H-pyrrole nitrogens is 1. The number of aryl methyl sites for hydroxylation is 1. The highest BCUT2D eigenvalue weighted by Gasteiger charge is 2.34. The minimum atomic E-state index is 0.0561. The highest BCUT2D eigenvalue weighted by molar-refractivity contribution is 5.39. The Morgan fingerprint density at radius 1 is 1.33 bits per heavy atom. The van der Waals surface area contributed by atoms with Crippen molar-refractivity contribution < 1.29 is 0 Å². The summed E-state index contributed by atoms with van der Waals surface area (Å²) in [6.45, 7) is 1.81. The van der Waals surface area contributed by atoms with Crippen molar-refractivity contribution in [1.82, 2.24) is 24.6 Å². The van der Waals surface area contributed by atoms with Crippen molar-refractivity contribution in [2.24, 2.45) is 7.05 Å². The zero-order chi connectivity index (χ0) is 18.4. The fraction of sp³-hybridized carbons (Fsp3) is 0.381. The van der Waals surface area contributed by atoms with Crippen LogP contribution >= 0.6 is 0 Å². The molecule has 1 saturated carbocycles. The Balaban J connectivity index is 1.54. The summed E-state index contributed by atoms with van der Waals surface area (Å²) in [6, 6.07) is 10.2. The Morgan fingerprint density at radius 2 is 2.22 bits per heavy atom. The van der Waals surface area contributed by atoms with E-state index in [1.165, 1.54) is 29.8 Å². The van der Waals surface area contributed by atoms with Crippen LogP contribution in [0.4, 0.5) is 0 Å². The van der Waals surface area contributed by atoms with E-state index in [-0.39, 0.29) is 6.04 Å². The van der Waals surface area contributed by atoms with Gasteiger partial charge in [-0.2, -0.15) is 10.4 Å². The van der Waals surface area contributed by atoms with E-state index in [9.17, 15) is 5.26 Å². The molecular weight excluding hydrogens is 336 g/mol. The second-order valence-electron chi connectivity index (χ2n) is 7.58. The third-order valence-electron chi connectivity index (χ3n) is 5.76. The van der Waals surface area contributed by atoms with E-state index in [0.29, 0.717) is 11.5 Å². The van der Waals surface area contributed by atoms with Crippen molar-refractivity contribution in [3.8, 4) is 6.07 Å². The monoisotopic (exact) mass is 358 g/mol. The van der Waals surface area contributed by atoms with E-state index in [2.05, 4.69) is 32.1 Å². The Bertz CT molecular complexity index is 1020. The van der Waals surface area contributed by atoms with E-state index >= 15 is 0 Å². The van der Waals surface area contributed by atoms with E-state index in [1.54, 1.807) is 6.33 Å². The Morgan fingerprint density at radius 3 is 3.04 bits per heavy atom. The lowest BCUT2D eigenvalue weighted by molar-refractivity contribution is 0.199. The number of fused-ring (bicyclic) bond motifs is 1. The van der Waals surface area contributed by atoms with Crippen LogP contribution in [0.2, 0.25) is 0 Å². The summed E-state index contributed by atoms with van der Waals surface area (Å²) >= 11 is 0. The largest absolute Gasteiger partial charge is 0.348 e. The number of aromatic nitrogens is 4. The fourth-order valence-corrected chi connectivity index (χ4v) is 4.36. The van der Waals surface area contributed by atoms with Gasteiger partial charge in [0.2, 0.25) is 0 Å². The SMILES string of the molecule is Cn1ncc(CN2CCc3[nH]cnc3C2c2cccc(C#N)c2)c1C1CC1. The van der Waals surface area contributed by atoms with E-state index in [1.807, 2.05) is 36.1 Å². The van der Waals surface area contributed by atoms with Gasteiger partial charge in [0.25, 0.3) is 0 Å². The van der Waals surface area contributed by atoms with Crippen molar-refractivity contribution in [1.29, 1.82) is 5.26 Å². The number of nitriles is 1. The predicted molar refractivity (Wildman–Crippen MR) is 101 cm³/mol. The minimum Gasteiger partial charge on any atom is -0.348 e. The van der Waals surface area contributed by atoms with E-state index in [4.69, 9.17) is 0 Å². The second-order valence-corrected chi connectivity index (χ2v) is 7.58. The van der Waals surface area contributed by atoms with Crippen molar-refractivity contribution in [2.45, 2.75) is 37.8 Å². The first-order valence-corrected chi connectivity index (χ1v) is 9.51. The highest BCUT2D eigenvalue weighted by atomic mass is 15.3. The normalized spacial score (nSPS) is 19.6. The van der Waals surface area contributed by atoms with Gasteiger partial charge in [0.05, 0.1) is 35.9 Å². The Labute approximate surface area is 158 Å². The minimum absolute atomic E-state index is 0.0561. The van der Waals surface area contributed by atoms with Crippen LogP contribution in [0.1, 0.15) is 58.6 Å². The Kier molecular flexibility index (Phi) is 3.83. The number of nitrogens with zero attached hydrogens (tertiary/aromatic N) is 5. The highest BCUT2D eigenvalue weighted by Crippen LogP contribution is 2.42. The van der Waals surface area contributed by atoms with E-state index in [0.717, 1.165) is 30.8 Å². The fourth-order valence-electron chi connectivity index (χ4n) is 4.36.